The number of nitrogens with one attached hydrogen (secondary N) is 2. The molecule has 0 unspecified atom stereocenters. The number of hydrogen-bond acceptors (Lipinski definition) is 5. The third-order valence-electron chi connectivity index (χ3n) is 8.69. The van der Waals surface area contributed by atoms with E-state index in [-0.39, 0.29) is 29.6 Å². The number of aromatic amines is 1. The van der Waals surface area contributed by atoms with Gasteiger partial charge in [0.05, 0.1) is 17.4 Å². The highest BCUT2D eigenvalue weighted by atomic mass is 16.2. The molecule has 3 aliphatic rings. The van der Waals surface area contributed by atoms with E-state index in [1.54, 1.807) is 4.90 Å². The molecule has 1 spiro atoms. The Balaban J connectivity index is 1.34. The number of aromatic nitrogens is 2. The molecule has 0 atom stereocenters. The van der Waals surface area contributed by atoms with Crippen LogP contribution < -0.4 is 11.0 Å². The Kier molecular flexibility index (Phi) is 6.59. The van der Waals surface area contributed by atoms with Gasteiger partial charge in [0.15, 0.2) is 0 Å². The first-order valence-electron chi connectivity index (χ1n) is 13.0. The second-order valence-electron chi connectivity index (χ2n) is 10.9. The molecule has 9 heteroatoms. The van der Waals surface area contributed by atoms with Crippen molar-refractivity contribution in [2.45, 2.75) is 56.0 Å². The Bertz CT molecular complexity index is 1130. The molecule has 9 nitrogen and oxygen atoms in total. The van der Waals surface area contributed by atoms with Crippen molar-refractivity contribution in [1.29, 1.82) is 0 Å². The Morgan fingerprint density at radius 2 is 1.86 bits per heavy atom. The van der Waals surface area contributed by atoms with Crippen LogP contribution >= 0.6 is 0 Å². The van der Waals surface area contributed by atoms with Gasteiger partial charge in [-0.3, -0.25) is 9.69 Å². The van der Waals surface area contributed by atoms with E-state index >= 15 is 0 Å². The zero-order valence-electron chi connectivity index (χ0n) is 21.2. The number of benzene rings is 1. The molecule has 1 aliphatic heterocycles. The topological polar surface area (TPSA) is 102 Å². The molecule has 1 aromatic carbocycles. The maximum Gasteiger partial charge on any atom is 0.345 e. The summed E-state index contributed by atoms with van der Waals surface area (Å²) in [5, 5.41) is 2.74. The lowest BCUT2D eigenvalue weighted by Gasteiger charge is -2.51. The number of carbonyl (C=O) groups is 2. The number of urea groups is 1. The highest BCUT2D eigenvalue weighted by molar-refractivity contribution is 5.94. The molecular formula is C27H36N6O3. The Labute approximate surface area is 211 Å². The molecule has 2 saturated carbocycles. The lowest BCUT2D eigenvalue weighted by Crippen LogP contribution is -2.56. The summed E-state index contributed by atoms with van der Waals surface area (Å²) in [7, 11) is 4.30. The first kappa shape index (κ1) is 24.5. The number of carbonyl (C=O) groups excluding carboxylic acids is 2. The highest BCUT2D eigenvalue weighted by Gasteiger charge is 2.55. The molecule has 3 amide bonds. The standard InChI is InChI=1S/C27H36N6O3/c1-31(2)27(21-9-4-3-5-10-21)13-11-26(12-14-27)19-32(25(36)33(26)17-20-7-6-8-20)18-23(34)30-22-15-28-24(35)29-16-22/h3-5,9-10,15-16,20H,6-8,11-14,17-19H2,1-2H3,(H,30,34)(H,28,29,35). The molecule has 2 aromatic rings. The minimum Gasteiger partial charge on any atom is -0.322 e. The van der Waals surface area contributed by atoms with Crippen LogP contribution in [0.15, 0.2) is 47.5 Å². The number of hydrogen-bond donors (Lipinski definition) is 2. The minimum atomic E-state index is -0.474. The number of rotatable bonds is 7. The summed E-state index contributed by atoms with van der Waals surface area (Å²) in [5.41, 5.74) is 0.951. The molecule has 36 heavy (non-hydrogen) atoms. The molecule has 3 fully saturated rings. The van der Waals surface area contributed by atoms with Crippen molar-refractivity contribution in [3.8, 4) is 0 Å². The van der Waals surface area contributed by atoms with Gasteiger partial charge in [-0.2, -0.15) is 4.98 Å². The maximum atomic E-state index is 13.7. The fourth-order valence-corrected chi connectivity index (χ4v) is 6.29. The Morgan fingerprint density at radius 3 is 2.44 bits per heavy atom. The van der Waals surface area contributed by atoms with Crippen LogP contribution in [0.1, 0.15) is 50.5 Å². The Hall–Kier alpha value is -3.20. The number of nitrogens with zero attached hydrogens (tertiary/aromatic N) is 4. The third kappa shape index (κ3) is 4.52. The summed E-state index contributed by atoms with van der Waals surface area (Å²) < 4.78 is 0. The van der Waals surface area contributed by atoms with E-state index in [1.807, 2.05) is 0 Å². The van der Waals surface area contributed by atoms with E-state index in [0.29, 0.717) is 18.2 Å². The summed E-state index contributed by atoms with van der Waals surface area (Å²) in [4.78, 5) is 49.9. The van der Waals surface area contributed by atoms with Crippen LogP contribution in [-0.2, 0) is 10.3 Å². The Morgan fingerprint density at radius 1 is 1.14 bits per heavy atom. The van der Waals surface area contributed by atoms with E-state index in [1.165, 1.54) is 37.2 Å². The maximum absolute atomic E-state index is 13.7. The second kappa shape index (κ2) is 9.69. The van der Waals surface area contributed by atoms with Gasteiger partial charge >= 0.3 is 11.7 Å². The van der Waals surface area contributed by atoms with Gasteiger partial charge < -0.3 is 20.1 Å². The van der Waals surface area contributed by atoms with Crippen molar-refractivity contribution in [2.75, 3.05) is 39.0 Å². The second-order valence-corrected chi connectivity index (χ2v) is 10.9. The van der Waals surface area contributed by atoms with Gasteiger partial charge in [-0.15, -0.1) is 0 Å². The molecular weight excluding hydrogens is 456 g/mol. The van der Waals surface area contributed by atoms with E-state index in [2.05, 4.69) is 69.5 Å². The van der Waals surface area contributed by atoms with Crippen molar-refractivity contribution in [2.24, 2.45) is 5.92 Å². The summed E-state index contributed by atoms with van der Waals surface area (Å²) in [6, 6.07) is 10.7. The zero-order chi connectivity index (χ0) is 25.3. The van der Waals surface area contributed by atoms with E-state index in [9.17, 15) is 14.4 Å². The monoisotopic (exact) mass is 492 g/mol. The number of H-pyrrole nitrogens is 1. The lowest BCUT2D eigenvalue weighted by atomic mass is 9.68. The normalized spacial score (nSPS) is 26.5. The molecule has 2 aliphatic carbocycles. The zero-order valence-corrected chi connectivity index (χ0v) is 21.2. The van der Waals surface area contributed by atoms with Gasteiger partial charge in [0, 0.05) is 24.8 Å². The van der Waals surface area contributed by atoms with Crippen LogP contribution in [0.4, 0.5) is 10.5 Å². The van der Waals surface area contributed by atoms with E-state index < -0.39 is 5.69 Å². The fourth-order valence-electron chi connectivity index (χ4n) is 6.29. The van der Waals surface area contributed by atoms with Crippen molar-refractivity contribution < 1.29 is 9.59 Å². The molecule has 0 radical (unpaired) electrons. The van der Waals surface area contributed by atoms with Gasteiger partial charge in [-0.25, -0.2) is 9.59 Å². The predicted molar refractivity (Wildman–Crippen MR) is 138 cm³/mol. The molecule has 5 rings (SSSR count). The molecule has 192 valence electrons. The molecule has 2 N–H and O–H groups in total. The van der Waals surface area contributed by atoms with Gasteiger partial charge in [-0.1, -0.05) is 36.8 Å². The van der Waals surface area contributed by atoms with Gasteiger partial charge in [-0.05, 0) is 64.1 Å². The minimum absolute atomic E-state index is 0.0155. The highest BCUT2D eigenvalue weighted by Crippen LogP contribution is 2.49. The smallest absolute Gasteiger partial charge is 0.322 e. The van der Waals surface area contributed by atoms with Gasteiger partial charge in [0.2, 0.25) is 5.91 Å². The fraction of sp³-hybridized carbons (Fsp3) is 0.556. The summed E-state index contributed by atoms with van der Waals surface area (Å²) in [5.74, 6) is 0.266. The lowest BCUT2D eigenvalue weighted by molar-refractivity contribution is -0.116. The first-order valence-corrected chi connectivity index (χ1v) is 13.0. The van der Waals surface area contributed by atoms with Crippen molar-refractivity contribution >= 4 is 17.6 Å². The summed E-state index contributed by atoms with van der Waals surface area (Å²) in [6.45, 7) is 1.33. The quantitative estimate of drug-likeness (QED) is 0.619. The van der Waals surface area contributed by atoms with Crippen LogP contribution in [0.3, 0.4) is 0 Å². The van der Waals surface area contributed by atoms with Crippen LogP contribution in [0, 0.1) is 5.92 Å². The van der Waals surface area contributed by atoms with E-state index in [0.717, 1.165) is 32.2 Å². The first-order chi connectivity index (χ1) is 17.3. The summed E-state index contributed by atoms with van der Waals surface area (Å²) in [6.07, 6.45) is 10.0. The van der Waals surface area contributed by atoms with Crippen LogP contribution in [0.2, 0.25) is 0 Å². The van der Waals surface area contributed by atoms with Crippen LogP contribution in [0.25, 0.3) is 0 Å². The average molecular weight is 493 g/mol. The van der Waals surface area contributed by atoms with Crippen LogP contribution in [0.5, 0.6) is 0 Å². The number of amides is 3. The predicted octanol–water partition coefficient (Wildman–Crippen LogP) is 3.02. The average Bonchev–Trinajstić information content (AvgIpc) is 3.08. The van der Waals surface area contributed by atoms with E-state index in [4.69, 9.17) is 0 Å². The van der Waals surface area contributed by atoms with Gasteiger partial charge in [0.25, 0.3) is 0 Å². The van der Waals surface area contributed by atoms with Gasteiger partial charge in [0.1, 0.15) is 6.54 Å². The molecule has 1 aromatic heterocycles. The SMILES string of the molecule is CN(C)C1(c2ccccc2)CCC2(CC1)CN(CC(=O)Nc1cnc(=O)[nH]c1)C(=O)N2CC1CCC1. The van der Waals surface area contributed by atoms with Crippen LogP contribution in [-0.4, -0.2) is 75.9 Å². The van der Waals surface area contributed by atoms with Crippen molar-refractivity contribution in [1.82, 2.24) is 24.7 Å². The summed E-state index contributed by atoms with van der Waals surface area (Å²) >= 11 is 0. The largest absolute Gasteiger partial charge is 0.345 e. The molecule has 0 bridgehead atoms. The molecule has 2 heterocycles. The van der Waals surface area contributed by atoms with Crippen molar-refractivity contribution in [3.63, 3.8) is 0 Å². The third-order valence-corrected chi connectivity index (χ3v) is 8.69. The number of anilines is 1. The van der Waals surface area contributed by atoms with Crippen molar-refractivity contribution in [3.05, 3.63) is 58.8 Å². The molecule has 1 saturated heterocycles.